The van der Waals surface area contributed by atoms with Crippen LogP contribution in [0.5, 0.6) is 5.75 Å². The number of phenols is 1. The van der Waals surface area contributed by atoms with Gasteiger partial charge in [0.1, 0.15) is 5.75 Å². The molecule has 0 atom stereocenters. The van der Waals surface area contributed by atoms with Crippen molar-refractivity contribution >= 4 is 28.2 Å². The molecule has 2 aromatic carbocycles. The van der Waals surface area contributed by atoms with Crippen LogP contribution in [0.3, 0.4) is 0 Å². The van der Waals surface area contributed by atoms with Crippen LogP contribution in [0, 0.1) is 13.8 Å². The molecule has 0 radical (unpaired) electrons. The minimum absolute atomic E-state index is 0.139. The second kappa shape index (κ2) is 6.81. The van der Waals surface area contributed by atoms with Crippen LogP contribution in [0.1, 0.15) is 16.8 Å². The highest BCUT2D eigenvalue weighted by molar-refractivity contribution is 5.96. The number of carbonyl (C=O) groups is 1. The number of hydrogen-bond acceptors (Lipinski definition) is 5. The van der Waals surface area contributed by atoms with Crippen LogP contribution in [-0.4, -0.2) is 23.2 Å². The molecule has 0 spiro atoms. The summed E-state index contributed by atoms with van der Waals surface area (Å²) in [7, 11) is 1.38. The number of nitrogens with one attached hydrogen (secondary N) is 1. The van der Waals surface area contributed by atoms with Crippen molar-refractivity contribution < 1.29 is 14.6 Å². The maximum Gasteiger partial charge on any atom is 0.310 e. The number of aryl methyl sites for hydroxylation is 2. The van der Waals surface area contributed by atoms with Crippen LogP contribution in [0.4, 0.5) is 11.4 Å². The number of anilines is 2. The summed E-state index contributed by atoms with van der Waals surface area (Å²) in [6, 6.07) is 12.9. The monoisotopic (exact) mass is 336 g/mol. The Balaban J connectivity index is 2.18. The number of para-hydroxylation sites is 1. The molecule has 1 aromatic heterocycles. The molecule has 0 saturated carbocycles. The van der Waals surface area contributed by atoms with Gasteiger partial charge in [-0.05, 0) is 43.7 Å². The molecule has 0 bridgehead atoms. The van der Waals surface area contributed by atoms with E-state index in [1.54, 1.807) is 12.1 Å². The minimum Gasteiger partial charge on any atom is -0.508 e. The Hall–Kier alpha value is -3.08. The number of hydrogen-bond donors (Lipinski definition) is 2. The van der Waals surface area contributed by atoms with Crippen molar-refractivity contribution in [2.45, 2.75) is 20.3 Å². The zero-order valence-corrected chi connectivity index (χ0v) is 14.5. The summed E-state index contributed by atoms with van der Waals surface area (Å²) in [4.78, 5) is 16.5. The van der Waals surface area contributed by atoms with Gasteiger partial charge in [0.05, 0.1) is 24.7 Å². The maximum absolute atomic E-state index is 11.9. The molecule has 0 unspecified atom stereocenters. The molecular weight excluding hydrogens is 316 g/mol. The number of pyridine rings is 1. The fourth-order valence-electron chi connectivity index (χ4n) is 2.87. The Bertz CT molecular complexity index is 951. The number of rotatable bonds is 4. The normalized spacial score (nSPS) is 10.7. The van der Waals surface area contributed by atoms with E-state index >= 15 is 0 Å². The quantitative estimate of drug-likeness (QED) is 0.556. The molecule has 25 heavy (non-hydrogen) atoms. The molecule has 0 aliphatic heterocycles. The van der Waals surface area contributed by atoms with E-state index in [0.717, 1.165) is 39.1 Å². The van der Waals surface area contributed by atoms with Gasteiger partial charge in [-0.1, -0.05) is 18.2 Å². The number of methoxy groups -OCH3 is 1. The van der Waals surface area contributed by atoms with Crippen molar-refractivity contribution in [1.29, 1.82) is 0 Å². The summed E-state index contributed by atoms with van der Waals surface area (Å²) in [6.07, 6.45) is 0.139. The number of nitrogens with zero attached hydrogens (tertiary/aromatic N) is 1. The first kappa shape index (κ1) is 16.8. The van der Waals surface area contributed by atoms with Crippen molar-refractivity contribution in [3.05, 3.63) is 59.3 Å². The van der Waals surface area contributed by atoms with Gasteiger partial charge in [0.2, 0.25) is 0 Å². The van der Waals surface area contributed by atoms with Gasteiger partial charge in [-0.3, -0.25) is 9.78 Å². The van der Waals surface area contributed by atoms with Crippen molar-refractivity contribution in [2.75, 3.05) is 12.4 Å². The van der Waals surface area contributed by atoms with Crippen LogP contribution >= 0.6 is 0 Å². The van der Waals surface area contributed by atoms with Gasteiger partial charge >= 0.3 is 5.97 Å². The number of carbonyl (C=O) groups excluding carboxylic acids is 1. The van der Waals surface area contributed by atoms with Gasteiger partial charge in [0.15, 0.2) is 0 Å². The van der Waals surface area contributed by atoms with Crippen molar-refractivity contribution in [3.63, 3.8) is 0 Å². The number of benzene rings is 2. The van der Waals surface area contributed by atoms with Crippen LogP contribution in [0.25, 0.3) is 10.9 Å². The smallest absolute Gasteiger partial charge is 0.310 e. The van der Waals surface area contributed by atoms with Crippen molar-refractivity contribution in [1.82, 2.24) is 4.98 Å². The zero-order valence-electron chi connectivity index (χ0n) is 14.5. The number of phenolic OH excluding ortho intramolecular Hbond substituents is 1. The molecule has 2 N–H and O–H groups in total. The molecule has 128 valence electrons. The molecular formula is C20H20N2O3. The number of aromatic nitrogens is 1. The number of esters is 1. The molecule has 3 rings (SSSR count). The second-order valence-corrected chi connectivity index (χ2v) is 5.95. The predicted molar refractivity (Wildman–Crippen MR) is 98.3 cm³/mol. The van der Waals surface area contributed by atoms with E-state index in [1.807, 2.05) is 44.2 Å². The highest BCUT2D eigenvalue weighted by Crippen LogP contribution is 2.33. The third-order valence-corrected chi connectivity index (χ3v) is 4.22. The van der Waals surface area contributed by atoms with E-state index in [0.29, 0.717) is 0 Å². The predicted octanol–water partition coefficient (Wildman–Crippen LogP) is 4.02. The summed E-state index contributed by atoms with van der Waals surface area (Å²) < 4.78 is 4.84. The highest BCUT2D eigenvalue weighted by Gasteiger charge is 2.17. The Labute approximate surface area is 146 Å². The first-order valence-electron chi connectivity index (χ1n) is 8.01. The first-order chi connectivity index (χ1) is 12.0. The lowest BCUT2D eigenvalue weighted by Crippen LogP contribution is -2.10. The van der Waals surface area contributed by atoms with Crippen LogP contribution < -0.4 is 5.32 Å². The largest absolute Gasteiger partial charge is 0.508 e. The SMILES string of the molecule is COC(=O)Cc1c(C)nc2ccccc2c1Nc1ccc(O)cc1C. The molecule has 0 aliphatic rings. The standard InChI is InChI=1S/C20H20N2O3/c1-12-10-14(23)8-9-17(12)22-20-15-6-4-5-7-18(15)21-13(2)16(20)11-19(24)25-3/h4-10,23H,11H2,1-3H3,(H,21,22). The Morgan fingerprint density at radius 1 is 1.20 bits per heavy atom. The number of fused-ring (bicyclic) bond motifs is 1. The average Bonchev–Trinajstić information content (AvgIpc) is 2.59. The van der Waals surface area contributed by atoms with Crippen LogP contribution in [-0.2, 0) is 16.0 Å². The second-order valence-electron chi connectivity index (χ2n) is 5.95. The molecule has 1 heterocycles. The van der Waals surface area contributed by atoms with E-state index in [1.165, 1.54) is 7.11 Å². The van der Waals surface area contributed by atoms with Crippen molar-refractivity contribution in [3.8, 4) is 5.75 Å². The number of aromatic hydroxyl groups is 1. The molecule has 5 heteroatoms. The van der Waals surface area contributed by atoms with Gasteiger partial charge in [0.25, 0.3) is 0 Å². The molecule has 0 fully saturated rings. The highest BCUT2D eigenvalue weighted by atomic mass is 16.5. The Morgan fingerprint density at radius 3 is 2.68 bits per heavy atom. The minimum atomic E-state index is -0.314. The maximum atomic E-state index is 11.9. The van der Waals surface area contributed by atoms with Gasteiger partial charge in [-0.2, -0.15) is 0 Å². The van der Waals surface area contributed by atoms with E-state index in [4.69, 9.17) is 4.74 Å². The van der Waals surface area contributed by atoms with Gasteiger partial charge in [0, 0.05) is 22.3 Å². The van der Waals surface area contributed by atoms with E-state index < -0.39 is 0 Å². The Morgan fingerprint density at radius 2 is 1.96 bits per heavy atom. The summed E-state index contributed by atoms with van der Waals surface area (Å²) in [5.41, 5.74) is 5.04. The van der Waals surface area contributed by atoms with E-state index in [-0.39, 0.29) is 18.1 Å². The lowest BCUT2D eigenvalue weighted by molar-refractivity contribution is -0.139. The molecule has 0 amide bonds. The third-order valence-electron chi connectivity index (χ3n) is 4.22. The van der Waals surface area contributed by atoms with E-state index in [9.17, 15) is 9.90 Å². The van der Waals surface area contributed by atoms with Gasteiger partial charge < -0.3 is 15.2 Å². The molecule has 0 aliphatic carbocycles. The summed E-state index contributed by atoms with van der Waals surface area (Å²) >= 11 is 0. The molecule has 3 aromatic rings. The van der Waals surface area contributed by atoms with Gasteiger partial charge in [-0.15, -0.1) is 0 Å². The lowest BCUT2D eigenvalue weighted by Gasteiger charge is -2.18. The fraction of sp³-hybridized carbons (Fsp3) is 0.200. The Kier molecular flexibility index (Phi) is 4.57. The van der Waals surface area contributed by atoms with Crippen molar-refractivity contribution in [2.24, 2.45) is 0 Å². The molecule has 0 saturated heterocycles. The average molecular weight is 336 g/mol. The van der Waals surface area contributed by atoms with Crippen LogP contribution in [0.15, 0.2) is 42.5 Å². The summed E-state index contributed by atoms with van der Waals surface area (Å²) in [5, 5.41) is 14.0. The van der Waals surface area contributed by atoms with E-state index in [2.05, 4.69) is 10.3 Å². The fourth-order valence-corrected chi connectivity index (χ4v) is 2.87. The topological polar surface area (TPSA) is 71.5 Å². The summed E-state index contributed by atoms with van der Waals surface area (Å²) in [5.74, 6) is -0.0979. The third kappa shape index (κ3) is 3.40. The lowest BCUT2D eigenvalue weighted by atomic mass is 10.0. The number of ether oxygens (including phenoxy) is 1. The first-order valence-corrected chi connectivity index (χ1v) is 8.01. The van der Waals surface area contributed by atoms with Crippen LogP contribution in [0.2, 0.25) is 0 Å². The molecule has 5 nitrogen and oxygen atoms in total. The summed E-state index contributed by atoms with van der Waals surface area (Å²) in [6.45, 7) is 3.80. The van der Waals surface area contributed by atoms with Gasteiger partial charge in [-0.25, -0.2) is 0 Å². The zero-order chi connectivity index (χ0) is 18.0.